The fraction of sp³-hybridized carbons (Fsp3) is 0.611. The van der Waals surface area contributed by atoms with Crippen LogP contribution in [0, 0.1) is 11.8 Å². The van der Waals surface area contributed by atoms with Crippen molar-refractivity contribution < 1.29 is 4.79 Å². The maximum absolute atomic E-state index is 11.9. The van der Waals surface area contributed by atoms with Crippen LogP contribution in [0.5, 0.6) is 0 Å². The van der Waals surface area contributed by atoms with E-state index in [4.69, 9.17) is 0 Å². The zero-order valence-electron chi connectivity index (χ0n) is 13.8. The Kier molecular flexibility index (Phi) is 6.87. The first-order chi connectivity index (χ1) is 10.7. The molecule has 1 atom stereocenters. The molecule has 0 saturated carbocycles. The summed E-state index contributed by atoms with van der Waals surface area (Å²) in [5.74, 6) is 0.835. The first kappa shape index (κ1) is 17.0. The zero-order valence-corrected chi connectivity index (χ0v) is 13.8. The number of nitrogens with zero attached hydrogens (tertiary/aromatic N) is 1. The predicted molar refractivity (Wildman–Crippen MR) is 90.5 cm³/mol. The van der Waals surface area contributed by atoms with Gasteiger partial charge in [0.05, 0.1) is 0 Å². The Morgan fingerprint density at radius 2 is 1.95 bits per heavy atom. The zero-order chi connectivity index (χ0) is 15.8. The normalized spacial score (nSPS) is 18.1. The monoisotopic (exact) mass is 303 g/mol. The Labute approximate surface area is 134 Å². The Morgan fingerprint density at radius 3 is 2.59 bits per heavy atom. The summed E-state index contributed by atoms with van der Waals surface area (Å²) < 4.78 is 0. The molecule has 1 unspecified atom stereocenters. The van der Waals surface area contributed by atoms with E-state index in [1.165, 1.54) is 18.4 Å². The van der Waals surface area contributed by atoms with Crippen LogP contribution in [0.2, 0.25) is 0 Å². The molecule has 1 aliphatic heterocycles. The molecule has 1 heterocycles. The molecule has 1 fully saturated rings. The Morgan fingerprint density at radius 1 is 1.27 bits per heavy atom. The molecule has 1 aliphatic rings. The molecular formula is C18H29N3O. The van der Waals surface area contributed by atoms with Crippen molar-refractivity contribution in [3.8, 4) is 0 Å². The largest absolute Gasteiger partial charge is 0.356 e. The SMILES string of the molecule is CNCC(C)C(=O)NCC1CCN(Cc2ccccc2)CC1. The van der Waals surface area contributed by atoms with Gasteiger partial charge in [-0.05, 0) is 44.5 Å². The van der Waals surface area contributed by atoms with Crippen molar-refractivity contribution in [2.75, 3.05) is 33.2 Å². The molecule has 2 N–H and O–H groups in total. The summed E-state index contributed by atoms with van der Waals surface area (Å²) in [5.41, 5.74) is 1.38. The Bertz CT molecular complexity index is 441. The predicted octanol–water partition coefficient (Wildman–Crippen LogP) is 1.87. The van der Waals surface area contributed by atoms with Gasteiger partial charge < -0.3 is 10.6 Å². The highest BCUT2D eigenvalue weighted by Crippen LogP contribution is 2.18. The van der Waals surface area contributed by atoms with Crippen molar-refractivity contribution in [3.63, 3.8) is 0 Å². The van der Waals surface area contributed by atoms with Gasteiger partial charge in [-0.15, -0.1) is 0 Å². The number of hydrogen-bond acceptors (Lipinski definition) is 3. The molecule has 4 heteroatoms. The standard InChI is InChI=1S/C18H29N3O/c1-15(12-19-2)18(22)20-13-16-8-10-21(11-9-16)14-17-6-4-3-5-7-17/h3-7,15-16,19H,8-14H2,1-2H3,(H,20,22). The lowest BCUT2D eigenvalue weighted by atomic mass is 9.96. The van der Waals surface area contributed by atoms with Crippen LogP contribution >= 0.6 is 0 Å². The Balaban J connectivity index is 1.66. The van der Waals surface area contributed by atoms with Gasteiger partial charge in [0.25, 0.3) is 0 Å². The first-order valence-corrected chi connectivity index (χ1v) is 8.37. The molecule has 0 radical (unpaired) electrons. The molecule has 0 bridgehead atoms. The topological polar surface area (TPSA) is 44.4 Å². The van der Waals surface area contributed by atoms with E-state index < -0.39 is 0 Å². The fourth-order valence-electron chi connectivity index (χ4n) is 3.01. The smallest absolute Gasteiger partial charge is 0.224 e. The van der Waals surface area contributed by atoms with E-state index in [1.807, 2.05) is 14.0 Å². The quantitative estimate of drug-likeness (QED) is 0.808. The summed E-state index contributed by atoms with van der Waals surface area (Å²) in [6.07, 6.45) is 2.35. The van der Waals surface area contributed by atoms with Crippen molar-refractivity contribution >= 4 is 5.91 Å². The summed E-state index contributed by atoms with van der Waals surface area (Å²) >= 11 is 0. The van der Waals surface area contributed by atoms with E-state index in [1.54, 1.807) is 0 Å². The van der Waals surface area contributed by atoms with Crippen molar-refractivity contribution in [2.24, 2.45) is 11.8 Å². The molecule has 1 aromatic carbocycles. The minimum atomic E-state index is 0.0446. The lowest BCUT2D eigenvalue weighted by Crippen LogP contribution is -2.40. The van der Waals surface area contributed by atoms with Crippen LogP contribution in [0.1, 0.15) is 25.3 Å². The van der Waals surface area contributed by atoms with Gasteiger partial charge in [0.1, 0.15) is 0 Å². The molecule has 0 aliphatic carbocycles. The third-order valence-electron chi connectivity index (χ3n) is 4.48. The number of benzene rings is 1. The minimum absolute atomic E-state index is 0.0446. The molecule has 2 rings (SSSR count). The lowest BCUT2D eigenvalue weighted by Gasteiger charge is -2.32. The highest BCUT2D eigenvalue weighted by Gasteiger charge is 2.20. The van der Waals surface area contributed by atoms with Gasteiger partial charge >= 0.3 is 0 Å². The van der Waals surface area contributed by atoms with Crippen LogP contribution in [0.4, 0.5) is 0 Å². The van der Waals surface area contributed by atoms with Crippen LogP contribution < -0.4 is 10.6 Å². The molecule has 0 spiro atoms. The number of carbonyl (C=O) groups is 1. The van der Waals surface area contributed by atoms with E-state index in [0.717, 1.165) is 32.7 Å². The van der Waals surface area contributed by atoms with Crippen molar-refractivity contribution in [3.05, 3.63) is 35.9 Å². The molecule has 122 valence electrons. The third kappa shape index (κ3) is 5.43. The average molecular weight is 303 g/mol. The van der Waals surface area contributed by atoms with E-state index in [9.17, 15) is 4.79 Å². The molecule has 22 heavy (non-hydrogen) atoms. The number of rotatable bonds is 7. The number of piperidine rings is 1. The Hall–Kier alpha value is -1.39. The van der Waals surface area contributed by atoms with Crippen LogP contribution in [0.25, 0.3) is 0 Å². The van der Waals surface area contributed by atoms with E-state index in [0.29, 0.717) is 5.92 Å². The molecule has 4 nitrogen and oxygen atoms in total. The highest BCUT2D eigenvalue weighted by molar-refractivity contribution is 5.78. The van der Waals surface area contributed by atoms with Gasteiger partial charge in [-0.2, -0.15) is 0 Å². The van der Waals surface area contributed by atoms with Crippen LogP contribution in [0.15, 0.2) is 30.3 Å². The summed E-state index contributed by atoms with van der Waals surface area (Å²) in [6, 6.07) is 10.6. The number of carbonyl (C=O) groups excluding carboxylic acids is 1. The van der Waals surface area contributed by atoms with Crippen LogP contribution in [0.3, 0.4) is 0 Å². The average Bonchev–Trinajstić information content (AvgIpc) is 2.55. The summed E-state index contributed by atoms with van der Waals surface area (Å²) in [6.45, 7) is 6.82. The van der Waals surface area contributed by atoms with Gasteiger partial charge in [0, 0.05) is 25.6 Å². The van der Waals surface area contributed by atoms with Gasteiger partial charge in [0.2, 0.25) is 5.91 Å². The number of amides is 1. The number of nitrogens with one attached hydrogen (secondary N) is 2. The molecule has 1 aromatic rings. The second kappa shape index (κ2) is 8.91. The fourth-order valence-corrected chi connectivity index (χ4v) is 3.01. The molecular weight excluding hydrogens is 274 g/mol. The lowest BCUT2D eigenvalue weighted by molar-refractivity contribution is -0.124. The summed E-state index contributed by atoms with van der Waals surface area (Å²) in [4.78, 5) is 14.4. The summed E-state index contributed by atoms with van der Waals surface area (Å²) in [7, 11) is 1.88. The van der Waals surface area contributed by atoms with Crippen molar-refractivity contribution in [1.29, 1.82) is 0 Å². The van der Waals surface area contributed by atoms with Crippen LogP contribution in [-0.2, 0) is 11.3 Å². The van der Waals surface area contributed by atoms with Gasteiger partial charge in [-0.3, -0.25) is 9.69 Å². The van der Waals surface area contributed by atoms with E-state index >= 15 is 0 Å². The maximum Gasteiger partial charge on any atom is 0.224 e. The second-order valence-electron chi connectivity index (χ2n) is 6.41. The van der Waals surface area contributed by atoms with Crippen LogP contribution in [-0.4, -0.2) is 44.0 Å². The third-order valence-corrected chi connectivity index (χ3v) is 4.48. The highest BCUT2D eigenvalue weighted by atomic mass is 16.1. The first-order valence-electron chi connectivity index (χ1n) is 8.37. The van der Waals surface area contributed by atoms with Gasteiger partial charge in [-0.1, -0.05) is 37.3 Å². The van der Waals surface area contributed by atoms with E-state index in [2.05, 4.69) is 45.9 Å². The number of likely N-dealkylation sites (tertiary alicyclic amines) is 1. The minimum Gasteiger partial charge on any atom is -0.356 e. The number of hydrogen-bond donors (Lipinski definition) is 2. The van der Waals surface area contributed by atoms with Gasteiger partial charge in [-0.25, -0.2) is 0 Å². The molecule has 1 amide bonds. The van der Waals surface area contributed by atoms with Crippen molar-refractivity contribution in [1.82, 2.24) is 15.5 Å². The summed E-state index contributed by atoms with van der Waals surface area (Å²) in [5, 5.41) is 6.15. The van der Waals surface area contributed by atoms with Gasteiger partial charge in [0.15, 0.2) is 0 Å². The molecule has 0 aromatic heterocycles. The molecule has 1 saturated heterocycles. The van der Waals surface area contributed by atoms with E-state index in [-0.39, 0.29) is 11.8 Å². The maximum atomic E-state index is 11.9. The van der Waals surface area contributed by atoms with Crippen molar-refractivity contribution in [2.45, 2.75) is 26.3 Å². The second-order valence-corrected chi connectivity index (χ2v) is 6.41.